The first-order valence-electron chi connectivity index (χ1n) is 8.12. The molecule has 0 aliphatic carbocycles. The van der Waals surface area contributed by atoms with Crippen molar-refractivity contribution in [3.63, 3.8) is 0 Å². The van der Waals surface area contributed by atoms with Gasteiger partial charge in [-0.1, -0.05) is 93.0 Å². The number of aliphatic hydroxyl groups is 1. The molecular formula is C20H25ClO2Si. The summed E-state index contributed by atoms with van der Waals surface area (Å²) in [4.78, 5) is 0. The van der Waals surface area contributed by atoms with Crippen molar-refractivity contribution in [3.8, 4) is 0 Å². The van der Waals surface area contributed by atoms with Crippen LogP contribution >= 0.6 is 11.6 Å². The molecule has 2 rings (SSSR count). The molecule has 0 aliphatic heterocycles. The Morgan fingerprint density at radius 1 is 1.00 bits per heavy atom. The van der Waals surface area contributed by atoms with Crippen LogP contribution < -0.4 is 10.4 Å². The van der Waals surface area contributed by atoms with Gasteiger partial charge in [0, 0.05) is 5.03 Å². The molecule has 2 nitrogen and oxygen atoms in total. The summed E-state index contributed by atoms with van der Waals surface area (Å²) in [5, 5.41) is 11.9. The fourth-order valence-corrected chi connectivity index (χ4v) is 7.84. The lowest BCUT2D eigenvalue weighted by Crippen LogP contribution is -2.66. The topological polar surface area (TPSA) is 29.5 Å². The standard InChI is InChI=1S/C20H25ClO2Si/c1-20(2,3)24(18-10-6-4-7-11-18,19-12-8-5-9-13-19)23-16-17(21)14-15-22/h4-14,22H,15-16H2,1-3H3/b17-14-. The van der Waals surface area contributed by atoms with Crippen LogP contribution in [-0.2, 0) is 4.43 Å². The second-order valence-corrected chi connectivity index (χ2v) is 11.6. The molecule has 0 bridgehead atoms. The maximum absolute atomic E-state index is 9.05. The van der Waals surface area contributed by atoms with Gasteiger partial charge in [-0.25, -0.2) is 0 Å². The first-order chi connectivity index (χ1) is 11.4. The fourth-order valence-electron chi connectivity index (χ4n) is 3.10. The van der Waals surface area contributed by atoms with Crippen molar-refractivity contribution in [1.29, 1.82) is 0 Å². The molecule has 0 heterocycles. The highest BCUT2D eigenvalue weighted by Crippen LogP contribution is 2.37. The molecule has 0 fully saturated rings. The van der Waals surface area contributed by atoms with Crippen molar-refractivity contribution in [3.05, 3.63) is 71.8 Å². The highest BCUT2D eigenvalue weighted by Gasteiger charge is 2.50. The lowest BCUT2D eigenvalue weighted by atomic mass is 10.2. The van der Waals surface area contributed by atoms with E-state index in [1.807, 2.05) is 12.1 Å². The van der Waals surface area contributed by atoms with Crippen LogP contribution in [0.3, 0.4) is 0 Å². The Hall–Kier alpha value is -1.39. The Bertz CT molecular complexity index is 624. The minimum atomic E-state index is -2.55. The quantitative estimate of drug-likeness (QED) is 0.796. The van der Waals surface area contributed by atoms with Gasteiger partial charge in [0.25, 0.3) is 8.32 Å². The lowest BCUT2D eigenvalue weighted by Gasteiger charge is -2.43. The molecule has 2 aromatic carbocycles. The monoisotopic (exact) mass is 360 g/mol. The number of aliphatic hydroxyl groups excluding tert-OH is 1. The van der Waals surface area contributed by atoms with Gasteiger partial charge < -0.3 is 9.53 Å². The highest BCUT2D eigenvalue weighted by atomic mass is 35.5. The van der Waals surface area contributed by atoms with Crippen LogP contribution in [0, 0.1) is 0 Å². The van der Waals surface area contributed by atoms with Gasteiger partial charge in [-0.05, 0) is 21.5 Å². The molecule has 2 aromatic rings. The number of halogens is 1. The second-order valence-electron chi connectivity index (χ2n) is 6.79. The van der Waals surface area contributed by atoms with Crippen molar-refractivity contribution < 1.29 is 9.53 Å². The minimum Gasteiger partial charge on any atom is -0.402 e. The zero-order valence-corrected chi connectivity index (χ0v) is 16.3. The van der Waals surface area contributed by atoms with E-state index in [-0.39, 0.29) is 11.6 Å². The van der Waals surface area contributed by atoms with Gasteiger partial charge in [0.05, 0.1) is 13.2 Å². The van der Waals surface area contributed by atoms with E-state index < -0.39 is 8.32 Å². The van der Waals surface area contributed by atoms with Gasteiger partial charge >= 0.3 is 0 Å². The average Bonchev–Trinajstić information content (AvgIpc) is 2.56. The lowest BCUT2D eigenvalue weighted by molar-refractivity contribution is 0.325. The van der Waals surface area contributed by atoms with Crippen LogP contribution in [0.15, 0.2) is 71.8 Å². The Kier molecular flexibility index (Phi) is 6.41. The summed E-state index contributed by atoms with van der Waals surface area (Å²) >= 11 is 6.21. The zero-order valence-electron chi connectivity index (χ0n) is 14.5. The molecule has 0 aliphatic rings. The molecule has 0 unspecified atom stereocenters. The van der Waals surface area contributed by atoms with E-state index in [2.05, 4.69) is 69.3 Å². The molecule has 0 atom stereocenters. The predicted octanol–water partition coefficient (Wildman–Crippen LogP) is 3.68. The highest BCUT2D eigenvalue weighted by molar-refractivity contribution is 6.99. The molecule has 4 heteroatoms. The zero-order chi connectivity index (χ0) is 17.6. The van der Waals surface area contributed by atoms with Crippen LogP contribution in [0.25, 0.3) is 0 Å². The predicted molar refractivity (Wildman–Crippen MR) is 105 cm³/mol. The molecule has 0 saturated heterocycles. The maximum atomic E-state index is 9.05. The van der Waals surface area contributed by atoms with E-state index in [1.165, 1.54) is 10.4 Å². The van der Waals surface area contributed by atoms with Crippen LogP contribution in [0.4, 0.5) is 0 Å². The summed E-state index contributed by atoms with van der Waals surface area (Å²) in [6.45, 7) is 6.90. The molecule has 1 N–H and O–H groups in total. The average molecular weight is 361 g/mol. The van der Waals surface area contributed by atoms with Crippen LogP contribution in [0.1, 0.15) is 20.8 Å². The molecule has 0 spiro atoms. The Balaban J connectivity index is 2.59. The van der Waals surface area contributed by atoms with Crippen molar-refractivity contribution in [2.24, 2.45) is 0 Å². The van der Waals surface area contributed by atoms with Gasteiger partial charge in [-0.3, -0.25) is 0 Å². The Morgan fingerprint density at radius 2 is 1.46 bits per heavy atom. The molecule has 0 radical (unpaired) electrons. The largest absolute Gasteiger partial charge is 0.402 e. The molecule has 0 saturated carbocycles. The summed E-state index contributed by atoms with van der Waals surface area (Å²) in [6.07, 6.45) is 1.58. The van der Waals surface area contributed by atoms with E-state index in [0.717, 1.165) is 0 Å². The van der Waals surface area contributed by atoms with E-state index in [9.17, 15) is 0 Å². The SMILES string of the molecule is CC(C)(C)[Si](OC/C(Cl)=C/CO)(c1ccccc1)c1ccccc1. The van der Waals surface area contributed by atoms with Gasteiger partial charge in [0.1, 0.15) is 0 Å². The smallest absolute Gasteiger partial charge is 0.261 e. The normalized spacial score (nSPS) is 13.1. The molecule has 0 amide bonds. The van der Waals surface area contributed by atoms with Crippen LogP contribution in [-0.4, -0.2) is 26.6 Å². The number of rotatable bonds is 6. The summed E-state index contributed by atoms with van der Waals surface area (Å²) in [5.74, 6) is 0. The molecule has 0 aromatic heterocycles. The summed E-state index contributed by atoms with van der Waals surface area (Å²) in [5.41, 5.74) is 0. The Labute approximate surface area is 150 Å². The Morgan fingerprint density at radius 3 is 1.83 bits per heavy atom. The molecule has 24 heavy (non-hydrogen) atoms. The molecule has 128 valence electrons. The van der Waals surface area contributed by atoms with Gasteiger partial charge in [-0.15, -0.1) is 0 Å². The minimum absolute atomic E-state index is 0.0773. The van der Waals surface area contributed by atoms with Crippen LogP contribution in [0.5, 0.6) is 0 Å². The van der Waals surface area contributed by atoms with E-state index >= 15 is 0 Å². The van der Waals surface area contributed by atoms with E-state index in [4.69, 9.17) is 21.1 Å². The maximum Gasteiger partial charge on any atom is 0.261 e. The third-order valence-corrected chi connectivity index (χ3v) is 9.40. The van der Waals surface area contributed by atoms with Gasteiger partial charge in [0.2, 0.25) is 0 Å². The summed E-state index contributed by atoms with van der Waals surface area (Å²) < 4.78 is 6.61. The van der Waals surface area contributed by atoms with Crippen LogP contribution in [0.2, 0.25) is 5.04 Å². The van der Waals surface area contributed by atoms with Crippen molar-refractivity contribution in [2.45, 2.75) is 25.8 Å². The summed E-state index contributed by atoms with van der Waals surface area (Å²) in [7, 11) is -2.55. The second kappa shape index (κ2) is 8.12. The third-order valence-electron chi connectivity index (χ3n) is 4.16. The number of benzene rings is 2. The first-order valence-corrected chi connectivity index (χ1v) is 10.4. The van der Waals surface area contributed by atoms with E-state index in [0.29, 0.717) is 11.6 Å². The number of hydrogen-bond acceptors (Lipinski definition) is 2. The van der Waals surface area contributed by atoms with Gasteiger partial charge in [-0.2, -0.15) is 0 Å². The summed E-state index contributed by atoms with van der Waals surface area (Å²) in [6, 6.07) is 20.9. The molecular weight excluding hydrogens is 336 g/mol. The van der Waals surface area contributed by atoms with E-state index in [1.54, 1.807) is 6.08 Å². The van der Waals surface area contributed by atoms with Crippen molar-refractivity contribution in [2.75, 3.05) is 13.2 Å². The fraction of sp³-hybridized carbons (Fsp3) is 0.300. The van der Waals surface area contributed by atoms with Gasteiger partial charge in [0.15, 0.2) is 0 Å². The third kappa shape index (κ3) is 3.98. The number of hydrogen-bond donors (Lipinski definition) is 1. The first kappa shape index (κ1) is 18.9. The van der Waals surface area contributed by atoms with Crippen molar-refractivity contribution in [1.82, 2.24) is 0 Å². The van der Waals surface area contributed by atoms with Crippen molar-refractivity contribution >= 4 is 30.3 Å².